The molecule has 22 heavy (non-hydrogen) atoms. The molecule has 2 heterocycles. The summed E-state index contributed by atoms with van der Waals surface area (Å²) in [5, 5.41) is 2.93. The first-order chi connectivity index (χ1) is 10.4. The Morgan fingerprint density at radius 1 is 1.45 bits per heavy atom. The zero-order chi connectivity index (χ0) is 16.2. The van der Waals surface area contributed by atoms with Gasteiger partial charge in [-0.3, -0.25) is 4.79 Å². The van der Waals surface area contributed by atoms with Gasteiger partial charge in [0.15, 0.2) is 5.84 Å². The summed E-state index contributed by atoms with van der Waals surface area (Å²) in [5.41, 5.74) is 0.313. The number of hydrogen-bond acceptors (Lipinski definition) is 4. The highest BCUT2D eigenvalue weighted by Gasteiger charge is 2.30. The number of nitrogens with one attached hydrogen (secondary N) is 1. The molecule has 0 fully saturated rings. The maximum Gasteiger partial charge on any atom is 0.256 e. The fraction of sp³-hybridized carbons (Fsp3) is 0.600. The largest absolute Gasteiger partial charge is 0.349 e. The normalized spacial score (nSPS) is 20.7. The molecule has 0 aliphatic carbocycles. The van der Waals surface area contributed by atoms with E-state index in [9.17, 15) is 13.2 Å². The summed E-state index contributed by atoms with van der Waals surface area (Å²) < 4.78 is 27.1. The van der Waals surface area contributed by atoms with Gasteiger partial charge in [-0.15, -0.1) is 4.40 Å². The van der Waals surface area contributed by atoms with E-state index in [-0.39, 0.29) is 23.5 Å². The standard InChI is InChI=1S/C15H23N3O3S/c1-3-4-5-7-12(2)16-15(19)13-8-6-9-18-10-11-22(20,21)17-14(13)18/h6,8-9,12H,3-5,7,10-11H2,1-2H3,(H,16,19). The Kier molecular flexibility index (Phi) is 5.39. The van der Waals surface area contributed by atoms with Crippen molar-refractivity contribution in [3.63, 3.8) is 0 Å². The fourth-order valence-electron chi connectivity index (χ4n) is 2.47. The third kappa shape index (κ3) is 4.19. The number of carbonyl (C=O) groups is 1. The minimum Gasteiger partial charge on any atom is -0.349 e. The molecule has 0 saturated carbocycles. The molecule has 1 unspecified atom stereocenters. The van der Waals surface area contributed by atoms with Crippen molar-refractivity contribution in [3.8, 4) is 0 Å². The molecule has 7 heteroatoms. The SMILES string of the molecule is CCCCCC(C)NC(=O)C1=CC=CN2CCS(=O)(=O)N=C12. The Hall–Kier alpha value is -1.63. The second kappa shape index (κ2) is 7.09. The molecule has 0 radical (unpaired) electrons. The summed E-state index contributed by atoms with van der Waals surface area (Å²) in [6.07, 6.45) is 9.37. The molecule has 0 spiro atoms. The monoisotopic (exact) mass is 325 g/mol. The number of nitrogens with zero attached hydrogens (tertiary/aromatic N) is 2. The van der Waals surface area contributed by atoms with Gasteiger partial charge in [0, 0.05) is 18.8 Å². The molecule has 1 N–H and O–H groups in total. The van der Waals surface area contributed by atoms with E-state index in [1.165, 1.54) is 0 Å². The highest BCUT2D eigenvalue weighted by atomic mass is 32.2. The lowest BCUT2D eigenvalue weighted by Gasteiger charge is -2.29. The average Bonchev–Trinajstić information content (AvgIpc) is 2.45. The number of carbonyl (C=O) groups excluding carboxylic acids is 1. The van der Waals surface area contributed by atoms with Gasteiger partial charge in [0.25, 0.3) is 15.9 Å². The van der Waals surface area contributed by atoms with Crippen LogP contribution in [0.2, 0.25) is 0 Å². The third-order valence-electron chi connectivity index (χ3n) is 3.72. The molecular weight excluding hydrogens is 302 g/mol. The average molecular weight is 325 g/mol. The van der Waals surface area contributed by atoms with Gasteiger partial charge in [-0.1, -0.05) is 26.2 Å². The topological polar surface area (TPSA) is 78.8 Å². The minimum atomic E-state index is -3.47. The number of unbranched alkanes of at least 4 members (excludes halogenated alkanes) is 2. The third-order valence-corrected chi connectivity index (χ3v) is 4.87. The van der Waals surface area contributed by atoms with E-state index in [1.807, 2.05) is 6.92 Å². The van der Waals surface area contributed by atoms with Crippen molar-refractivity contribution in [2.75, 3.05) is 12.3 Å². The number of fused-ring (bicyclic) bond motifs is 1. The molecule has 1 amide bonds. The summed E-state index contributed by atoms with van der Waals surface area (Å²) in [6.45, 7) is 4.43. The first-order valence-corrected chi connectivity index (χ1v) is 9.33. The van der Waals surface area contributed by atoms with Crippen molar-refractivity contribution in [2.24, 2.45) is 4.40 Å². The predicted molar refractivity (Wildman–Crippen MR) is 86.9 cm³/mol. The molecule has 0 saturated heterocycles. The lowest BCUT2D eigenvalue weighted by Crippen LogP contribution is -2.43. The highest BCUT2D eigenvalue weighted by Crippen LogP contribution is 2.18. The molecule has 2 aliphatic heterocycles. The van der Waals surface area contributed by atoms with E-state index in [4.69, 9.17) is 0 Å². The molecule has 6 nitrogen and oxygen atoms in total. The zero-order valence-electron chi connectivity index (χ0n) is 13.1. The summed E-state index contributed by atoms with van der Waals surface area (Å²) >= 11 is 0. The van der Waals surface area contributed by atoms with E-state index in [0.717, 1.165) is 25.7 Å². The number of rotatable bonds is 6. The van der Waals surface area contributed by atoms with Crippen molar-refractivity contribution in [1.82, 2.24) is 10.2 Å². The van der Waals surface area contributed by atoms with Crippen molar-refractivity contribution in [1.29, 1.82) is 0 Å². The van der Waals surface area contributed by atoms with Crippen LogP contribution in [0.15, 0.2) is 28.3 Å². The van der Waals surface area contributed by atoms with Gasteiger partial charge in [-0.05, 0) is 25.5 Å². The van der Waals surface area contributed by atoms with E-state index < -0.39 is 10.0 Å². The first kappa shape index (κ1) is 16.7. The number of hydrogen-bond donors (Lipinski definition) is 1. The molecule has 0 bridgehead atoms. The minimum absolute atomic E-state index is 0.0246. The van der Waals surface area contributed by atoms with Gasteiger partial charge in [-0.25, -0.2) is 8.42 Å². The van der Waals surface area contributed by atoms with Crippen LogP contribution in [0.4, 0.5) is 0 Å². The smallest absolute Gasteiger partial charge is 0.256 e. The van der Waals surface area contributed by atoms with Gasteiger partial charge in [-0.2, -0.15) is 0 Å². The Labute approximate surface area is 132 Å². The van der Waals surface area contributed by atoms with Crippen LogP contribution in [0, 0.1) is 0 Å². The Morgan fingerprint density at radius 2 is 2.23 bits per heavy atom. The van der Waals surface area contributed by atoms with Crippen LogP contribution in [0.25, 0.3) is 0 Å². The number of allylic oxidation sites excluding steroid dienone is 2. The zero-order valence-corrected chi connectivity index (χ0v) is 13.9. The van der Waals surface area contributed by atoms with Gasteiger partial charge in [0.2, 0.25) is 0 Å². The van der Waals surface area contributed by atoms with Crippen molar-refractivity contribution in [2.45, 2.75) is 45.6 Å². The Morgan fingerprint density at radius 3 is 2.95 bits per heavy atom. The van der Waals surface area contributed by atoms with Crippen LogP contribution in [-0.2, 0) is 14.8 Å². The molecule has 2 rings (SSSR count). The summed E-state index contributed by atoms with van der Waals surface area (Å²) in [6, 6.07) is 0.0557. The maximum absolute atomic E-state index is 12.4. The van der Waals surface area contributed by atoms with E-state index in [2.05, 4.69) is 16.6 Å². The van der Waals surface area contributed by atoms with Gasteiger partial charge < -0.3 is 10.2 Å². The molecule has 0 aromatic rings. The second-order valence-electron chi connectivity index (χ2n) is 5.69. The van der Waals surface area contributed by atoms with Crippen LogP contribution in [-0.4, -0.2) is 43.4 Å². The maximum atomic E-state index is 12.4. The molecule has 122 valence electrons. The lowest BCUT2D eigenvalue weighted by atomic mass is 10.1. The highest BCUT2D eigenvalue weighted by molar-refractivity contribution is 7.90. The lowest BCUT2D eigenvalue weighted by molar-refractivity contribution is -0.117. The van der Waals surface area contributed by atoms with Gasteiger partial charge in [0.1, 0.15) is 0 Å². The predicted octanol–water partition coefficient (Wildman–Crippen LogP) is 1.57. The van der Waals surface area contributed by atoms with Crippen LogP contribution < -0.4 is 5.32 Å². The fourth-order valence-corrected chi connectivity index (χ4v) is 3.45. The van der Waals surface area contributed by atoms with Crippen molar-refractivity contribution < 1.29 is 13.2 Å². The molecule has 0 aromatic carbocycles. The van der Waals surface area contributed by atoms with Gasteiger partial charge in [0.05, 0.1) is 11.3 Å². The Bertz CT molecular complexity index is 620. The van der Waals surface area contributed by atoms with E-state index in [1.54, 1.807) is 23.3 Å². The second-order valence-corrected chi connectivity index (χ2v) is 7.44. The molecule has 2 aliphatic rings. The van der Waals surface area contributed by atoms with E-state index >= 15 is 0 Å². The van der Waals surface area contributed by atoms with Crippen molar-refractivity contribution >= 4 is 21.8 Å². The number of amides is 1. The van der Waals surface area contributed by atoms with Crippen LogP contribution in [0.1, 0.15) is 39.5 Å². The number of sulfonamides is 1. The molecule has 1 atom stereocenters. The summed E-state index contributed by atoms with van der Waals surface area (Å²) in [5.74, 6) is -0.0652. The van der Waals surface area contributed by atoms with Crippen LogP contribution in [0.3, 0.4) is 0 Å². The van der Waals surface area contributed by atoms with E-state index in [0.29, 0.717) is 12.1 Å². The van der Waals surface area contributed by atoms with Crippen LogP contribution >= 0.6 is 0 Å². The number of amidine groups is 1. The molecular formula is C15H23N3O3S. The van der Waals surface area contributed by atoms with Crippen molar-refractivity contribution in [3.05, 3.63) is 23.9 Å². The summed E-state index contributed by atoms with van der Waals surface area (Å²) in [7, 11) is -3.47. The summed E-state index contributed by atoms with van der Waals surface area (Å²) in [4.78, 5) is 14.1. The quantitative estimate of drug-likeness (QED) is 0.752. The van der Waals surface area contributed by atoms with Gasteiger partial charge >= 0.3 is 0 Å². The Balaban J connectivity index is 2.07. The molecule has 0 aromatic heterocycles. The van der Waals surface area contributed by atoms with Crippen LogP contribution in [0.5, 0.6) is 0 Å². The first-order valence-electron chi connectivity index (χ1n) is 7.72.